The topological polar surface area (TPSA) is 85.9 Å². The lowest BCUT2D eigenvalue weighted by atomic mass is 9.60. The van der Waals surface area contributed by atoms with Crippen LogP contribution in [0.25, 0.3) is 0 Å². The third-order valence-corrected chi connectivity index (χ3v) is 7.73. The second-order valence-corrected chi connectivity index (χ2v) is 9.66. The smallest absolute Gasteiger partial charge is 0.258 e. The van der Waals surface area contributed by atoms with Gasteiger partial charge in [-0.2, -0.15) is 0 Å². The third kappa shape index (κ3) is 3.41. The van der Waals surface area contributed by atoms with Crippen LogP contribution >= 0.6 is 0 Å². The molecule has 5 aliphatic rings. The van der Waals surface area contributed by atoms with E-state index in [1.807, 2.05) is 43.3 Å². The molecule has 3 aliphatic carbocycles. The van der Waals surface area contributed by atoms with Crippen LogP contribution in [0.2, 0.25) is 0 Å². The van der Waals surface area contributed by atoms with Gasteiger partial charge in [0.2, 0.25) is 5.91 Å². The van der Waals surface area contributed by atoms with E-state index in [4.69, 9.17) is 14.2 Å². The molecule has 33 heavy (non-hydrogen) atoms. The van der Waals surface area contributed by atoms with Crippen LogP contribution in [-0.4, -0.2) is 30.8 Å². The van der Waals surface area contributed by atoms with Crippen molar-refractivity contribution in [3.8, 4) is 17.2 Å². The molecule has 2 amide bonds. The molecule has 0 aromatic heterocycles. The highest BCUT2D eigenvalue weighted by Gasteiger charge is 2.57. The minimum absolute atomic E-state index is 0.0736. The Bertz CT molecular complexity index is 1120. The largest absolute Gasteiger partial charge is 0.486 e. The number of carbonyl (C=O) groups is 2. The highest BCUT2D eigenvalue weighted by molar-refractivity contribution is 5.98. The zero-order valence-corrected chi connectivity index (χ0v) is 18.6. The first kappa shape index (κ1) is 20.4. The van der Waals surface area contributed by atoms with Gasteiger partial charge >= 0.3 is 0 Å². The van der Waals surface area contributed by atoms with E-state index in [2.05, 4.69) is 10.6 Å². The van der Waals surface area contributed by atoms with E-state index >= 15 is 0 Å². The van der Waals surface area contributed by atoms with Gasteiger partial charge in [-0.05, 0) is 61.9 Å². The van der Waals surface area contributed by atoms with E-state index in [9.17, 15) is 9.59 Å². The monoisotopic (exact) mass is 448 g/mol. The van der Waals surface area contributed by atoms with Crippen LogP contribution in [0.1, 0.15) is 54.6 Å². The molecule has 2 aromatic carbocycles. The second-order valence-electron chi connectivity index (χ2n) is 9.66. The highest BCUT2D eigenvalue weighted by Crippen LogP contribution is 2.52. The molecule has 0 saturated heterocycles. The summed E-state index contributed by atoms with van der Waals surface area (Å²) in [6.45, 7) is 3.08. The van der Waals surface area contributed by atoms with Gasteiger partial charge in [-0.3, -0.25) is 9.59 Å². The van der Waals surface area contributed by atoms with E-state index in [0.29, 0.717) is 37.4 Å². The second kappa shape index (κ2) is 7.68. The maximum Gasteiger partial charge on any atom is 0.258 e. The summed E-state index contributed by atoms with van der Waals surface area (Å²) in [5.41, 5.74) is 0.865. The van der Waals surface area contributed by atoms with E-state index in [1.165, 1.54) is 0 Å². The maximum atomic E-state index is 13.3. The van der Waals surface area contributed by atoms with Crippen molar-refractivity contribution in [1.29, 1.82) is 0 Å². The third-order valence-electron chi connectivity index (χ3n) is 7.73. The Labute approximate surface area is 192 Å². The number of hydrogen-bond acceptors (Lipinski definition) is 5. The first-order valence-electron chi connectivity index (χ1n) is 11.8. The van der Waals surface area contributed by atoms with E-state index in [0.717, 1.165) is 29.9 Å². The summed E-state index contributed by atoms with van der Waals surface area (Å²) in [6.07, 6.45) is 3.30. The Kier molecular flexibility index (Phi) is 4.75. The van der Waals surface area contributed by atoms with Crippen molar-refractivity contribution < 1.29 is 23.8 Å². The van der Waals surface area contributed by atoms with Crippen LogP contribution in [0.3, 0.4) is 0 Å². The number of hydrogen-bond donors (Lipinski definition) is 2. The molecule has 172 valence electrons. The highest BCUT2D eigenvalue weighted by atomic mass is 16.6. The summed E-state index contributed by atoms with van der Waals surface area (Å²) in [6, 6.07) is 13.1. The minimum Gasteiger partial charge on any atom is -0.486 e. The fourth-order valence-electron chi connectivity index (χ4n) is 6.01. The SMILES string of the molecule is C[C@@H](NC(=O)[C@@H]1C[C@@H]2CC[C@@H]1C[C@@]21NC(=O)c2ccccc2O1)c1ccc2c(c1)OCCO2. The van der Waals surface area contributed by atoms with Gasteiger partial charge in [-0.1, -0.05) is 18.2 Å². The average Bonchev–Trinajstić information content (AvgIpc) is 2.84. The number of amides is 2. The predicted octanol–water partition coefficient (Wildman–Crippen LogP) is 3.59. The Morgan fingerprint density at radius 1 is 1.09 bits per heavy atom. The lowest BCUT2D eigenvalue weighted by molar-refractivity contribution is -0.147. The molecule has 7 nitrogen and oxygen atoms in total. The van der Waals surface area contributed by atoms with Crippen LogP contribution in [0.15, 0.2) is 42.5 Å². The fourth-order valence-corrected chi connectivity index (χ4v) is 6.01. The fraction of sp³-hybridized carbons (Fsp3) is 0.462. The van der Waals surface area contributed by atoms with Crippen LogP contribution in [0, 0.1) is 17.8 Å². The molecule has 0 unspecified atom stereocenters. The van der Waals surface area contributed by atoms with Crippen LogP contribution in [0.4, 0.5) is 0 Å². The summed E-state index contributed by atoms with van der Waals surface area (Å²) >= 11 is 0. The summed E-state index contributed by atoms with van der Waals surface area (Å²) < 4.78 is 17.7. The Morgan fingerprint density at radius 3 is 2.73 bits per heavy atom. The first-order chi connectivity index (χ1) is 16.0. The molecule has 1 spiro atoms. The molecule has 3 saturated carbocycles. The molecule has 2 aromatic rings. The lowest BCUT2D eigenvalue weighted by Crippen LogP contribution is -2.66. The number of ether oxygens (including phenoxy) is 3. The zero-order valence-electron chi connectivity index (χ0n) is 18.6. The Hall–Kier alpha value is -3.22. The van der Waals surface area contributed by atoms with E-state index in [-0.39, 0.29) is 35.6 Å². The van der Waals surface area contributed by atoms with Gasteiger partial charge < -0.3 is 24.8 Å². The van der Waals surface area contributed by atoms with Gasteiger partial charge in [0.15, 0.2) is 17.2 Å². The van der Waals surface area contributed by atoms with Crippen LogP contribution in [-0.2, 0) is 4.79 Å². The van der Waals surface area contributed by atoms with Gasteiger partial charge in [-0.25, -0.2) is 0 Å². The summed E-state index contributed by atoms with van der Waals surface area (Å²) in [5.74, 6) is 2.31. The first-order valence-corrected chi connectivity index (χ1v) is 11.8. The van der Waals surface area contributed by atoms with Crippen molar-refractivity contribution in [3.63, 3.8) is 0 Å². The van der Waals surface area contributed by atoms with Crippen molar-refractivity contribution in [2.24, 2.45) is 17.8 Å². The number of benzene rings is 2. The molecule has 7 rings (SSSR count). The molecule has 0 radical (unpaired) electrons. The molecule has 2 bridgehead atoms. The van der Waals surface area contributed by atoms with Gasteiger partial charge in [0.1, 0.15) is 19.0 Å². The molecule has 7 heteroatoms. The van der Waals surface area contributed by atoms with Crippen molar-refractivity contribution >= 4 is 11.8 Å². The summed E-state index contributed by atoms with van der Waals surface area (Å²) in [4.78, 5) is 26.1. The average molecular weight is 449 g/mol. The number of nitrogens with one attached hydrogen (secondary N) is 2. The summed E-state index contributed by atoms with van der Waals surface area (Å²) in [7, 11) is 0. The molecule has 3 fully saturated rings. The number of para-hydroxylation sites is 1. The molecule has 2 heterocycles. The summed E-state index contributed by atoms with van der Waals surface area (Å²) in [5, 5.41) is 6.37. The Morgan fingerprint density at radius 2 is 1.91 bits per heavy atom. The predicted molar refractivity (Wildman–Crippen MR) is 120 cm³/mol. The van der Waals surface area contributed by atoms with Crippen molar-refractivity contribution in [1.82, 2.24) is 10.6 Å². The molecule has 2 aliphatic heterocycles. The Balaban J connectivity index is 1.16. The van der Waals surface area contributed by atoms with Crippen molar-refractivity contribution in [2.45, 2.75) is 44.4 Å². The van der Waals surface area contributed by atoms with Crippen molar-refractivity contribution in [3.05, 3.63) is 53.6 Å². The van der Waals surface area contributed by atoms with Crippen LogP contribution < -0.4 is 24.8 Å². The normalized spacial score (nSPS) is 30.1. The van der Waals surface area contributed by atoms with E-state index in [1.54, 1.807) is 6.07 Å². The molecule has 5 atom stereocenters. The number of fused-ring (bicyclic) bond motifs is 4. The zero-order chi connectivity index (χ0) is 22.6. The van der Waals surface area contributed by atoms with Gasteiger partial charge in [-0.15, -0.1) is 0 Å². The van der Waals surface area contributed by atoms with Gasteiger partial charge in [0.05, 0.1) is 11.6 Å². The van der Waals surface area contributed by atoms with E-state index < -0.39 is 5.72 Å². The number of carbonyl (C=O) groups excluding carboxylic acids is 2. The number of rotatable bonds is 3. The van der Waals surface area contributed by atoms with Crippen LogP contribution in [0.5, 0.6) is 17.2 Å². The standard InChI is InChI=1S/C26H28N2O5/c1-15(16-7-9-22-23(12-16)32-11-10-31-22)27-24(29)20-13-18-8-6-17(20)14-26(18)28-25(30)19-4-2-3-5-21(19)33-26/h2-5,7,9,12,15,17-18,20H,6,8,10-11,13-14H2,1H3,(H,27,29)(H,28,30)/t15-,17-,18+,20-,26+/m1/s1. The van der Waals surface area contributed by atoms with Crippen molar-refractivity contribution in [2.75, 3.05) is 13.2 Å². The maximum absolute atomic E-state index is 13.3. The van der Waals surface area contributed by atoms with Gasteiger partial charge in [0, 0.05) is 18.3 Å². The molecular formula is C26H28N2O5. The quantitative estimate of drug-likeness (QED) is 0.750. The molecular weight excluding hydrogens is 420 g/mol. The molecule has 2 N–H and O–H groups in total. The minimum atomic E-state index is -0.702. The van der Waals surface area contributed by atoms with Gasteiger partial charge in [0.25, 0.3) is 5.91 Å². The lowest BCUT2D eigenvalue weighted by Gasteiger charge is -2.55.